The third kappa shape index (κ3) is 3.42. The first-order valence-electron chi connectivity index (χ1n) is 13.4. The average molecular weight is 465 g/mol. The number of hydrogen-bond acceptors (Lipinski definition) is 3. The van der Waals surface area contributed by atoms with E-state index >= 15 is 0 Å². The molecule has 5 fully saturated rings. The van der Waals surface area contributed by atoms with Gasteiger partial charge in [0.2, 0.25) is 0 Å². The van der Waals surface area contributed by atoms with Crippen molar-refractivity contribution in [2.24, 2.45) is 17.8 Å². The molecule has 3 heteroatoms. The normalized spacial score (nSPS) is 30.0. The van der Waals surface area contributed by atoms with Crippen LogP contribution in [0.5, 0.6) is 0 Å². The highest BCUT2D eigenvalue weighted by atomic mass is 16.3. The Labute approximate surface area is 206 Å². The Balaban J connectivity index is 1.26. The molecular weight excluding hydrogens is 432 g/mol. The van der Waals surface area contributed by atoms with Gasteiger partial charge in [-0.1, -0.05) is 42.5 Å². The van der Waals surface area contributed by atoms with E-state index in [1.807, 2.05) is 12.1 Å². The van der Waals surface area contributed by atoms with E-state index < -0.39 is 5.92 Å². The average Bonchev–Trinajstić information content (AvgIpc) is 3.20. The molecule has 1 N–H and O–H groups in total. The van der Waals surface area contributed by atoms with Crippen LogP contribution in [0.4, 0.5) is 0 Å². The van der Waals surface area contributed by atoms with Gasteiger partial charge in [0, 0.05) is 12.8 Å². The van der Waals surface area contributed by atoms with Gasteiger partial charge in [0.25, 0.3) is 0 Å². The predicted molar refractivity (Wildman–Crippen MR) is 137 cm³/mol. The molecule has 0 aromatic heterocycles. The number of ketones is 2. The van der Waals surface area contributed by atoms with Crippen molar-refractivity contribution in [2.75, 3.05) is 0 Å². The van der Waals surface area contributed by atoms with Gasteiger partial charge in [-0.3, -0.25) is 9.59 Å². The van der Waals surface area contributed by atoms with E-state index in [0.717, 1.165) is 39.7 Å². The molecule has 5 aliphatic carbocycles. The number of carbonyl (C=O) groups excluding carboxylic acids is 2. The Kier molecular flexibility index (Phi) is 4.83. The Hall–Kier alpha value is -2.78. The molecule has 3 aromatic rings. The lowest BCUT2D eigenvalue weighted by Crippen LogP contribution is -2.49. The first kappa shape index (κ1) is 21.5. The standard InChI is InChI=1S/C32H32O3/c33-18-27-6-4-25(14-28(27)32-15-19-9-20(16-32)11-21(10-19)17-32)23-1-2-24-13-26(5-3-22(24)12-23)31-29(34)7-8-30(31)35/h1-6,12-14,19-21,31,33H,7-11,15-18H2. The third-order valence-corrected chi connectivity index (χ3v) is 9.68. The quantitative estimate of drug-likeness (QED) is 0.450. The summed E-state index contributed by atoms with van der Waals surface area (Å²) >= 11 is 0. The third-order valence-electron chi connectivity index (χ3n) is 9.68. The molecule has 5 saturated carbocycles. The highest BCUT2D eigenvalue weighted by Gasteiger charge is 2.52. The number of benzene rings is 3. The number of aliphatic hydroxyl groups excluding tert-OH is 1. The van der Waals surface area contributed by atoms with Gasteiger partial charge >= 0.3 is 0 Å². The molecule has 4 bridgehead atoms. The maximum absolute atomic E-state index is 12.2. The van der Waals surface area contributed by atoms with Crippen molar-refractivity contribution in [1.29, 1.82) is 0 Å². The van der Waals surface area contributed by atoms with Gasteiger partial charge in [-0.25, -0.2) is 0 Å². The van der Waals surface area contributed by atoms with Crippen LogP contribution in [-0.4, -0.2) is 16.7 Å². The summed E-state index contributed by atoms with van der Waals surface area (Å²) in [4.78, 5) is 24.5. The fourth-order valence-corrected chi connectivity index (χ4v) is 8.54. The molecule has 0 radical (unpaired) electrons. The maximum Gasteiger partial charge on any atom is 0.148 e. The topological polar surface area (TPSA) is 54.4 Å². The van der Waals surface area contributed by atoms with E-state index in [1.54, 1.807) is 0 Å². The van der Waals surface area contributed by atoms with E-state index in [0.29, 0.717) is 12.8 Å². The van der Waals surface area contributed by atoms with Crippen molar-refractivity contribution in [1.82, 2.24) is 0 Å². The molecule has 3 aromatic carbocycles. The number of Topliss-reactive ketones (excluding diaryl/α,β-unsaturated/α-hetero) is 2. The number of aliphatic hydroxyl groups is 1. The van der Waals surface area contributed by atoms with Crippen LogP contribution in [0, 0.1) is 17.8 Å². The van der Waals surface area contributed by atoms with Crippen LogP contribution in [0.1, 0.15) is 74.0 Å². The number of hydrogen-bond donors (Lipinski definition) is 1. The molecule has 178 valence electrons. The summed E-state index contributed by atoms with van der Waals surface area (Å²) in [6.45, 7) is 0.108. The van der Waals surface area contributed by atoms with Crippen LogP contribution in [0.3, 0.4) is 0 Å². The van der Waals surface area contributed by atoms with E-state index in [-0.39, 0.29) is 23.6 Å². The van der Waals surface area contributed by atoms with Crippen LogP contribution in [0.2, 0.25) is 0 Å². The Bertz CT molecular complexity index is 1320. The van der Waals surface area contributed by atoms with Gasteiger partial charge in [-0.2, -0.15) is 0 Å². The van der Waals surface area contributed by atoms with Crippen molar-refractivity contribution in [3.05, 3.63) is 71.3 Å². The van der Waals surface area contributed by atoms with Gasteiger partial charge < -0.3 is 5.11 Å². The number of rotatable bonds is 4. The maximum atomic E-state index is 12.2. The summed E-state index contributed by atoms with van der Waals surface area (Å²) < 4.78 is 0. The smallest absolute Gasteiger partial charge is 0.148 e. The van der Waals surface area contributed by atoms with Gasteiger partial charge in [0.1, 0.15) is 17.5 Å². The van der Waals surface area contributed by atoms with E-state index in [4.69, 9.17) is 0 Å². The van der Waals surface area contributed by atoms with Crippen molar-refractivity contribution >= 4 is 22.3 Å². The van der Waals surface area contributed by atoms with Crippen molar-refractivity contribution in [2.45, 2.75) is 69.3 Å². The summed E-state index contributed by atoms with van der Waals surface area (Å²) in [6, 6.07) is 19.2. The van der Waals surface area contributed by atoms with Gasteiger partial charge in [0.05, 0.1) is 6.61 Å². The molecule has 0 aliphatic heterocycles. The highest BCUT2D eigenvalue weighted by molar-refractivity contribution is 6.13. The van der Waals surface area contributed by atoms with E-state index in [9.17, 15) is 14.7 Å². The van der Waals surface area contributed by atoms with Gasteiger partial charge in [0.15, 0.2) is 0 Å². The zero-order chi connectivity index (χ0) is 23.7. The van der Waals surface area contributed by atoms with Crippen LogP contribution in [0.25, 0.3) is 21.9 Å². The SMILES string of the molecule is O=C1CCC(=O)C1c1ccc2cc(-c3ccc(CO)c(C45CC6CC(CC(C6)C4)C5)c3)ccc2c1. The van der Waals surface area contributed by atoms with Gasteiger partial charge in [-0.05, 0) is 112 Å². The van der Waals surface area contributed by atoms with Crippen LogP contribution >= 0.6 is 0 Å². The van der Waals surface area contributed by atoms with Crippen LogP contribution in [-0.2, 0) is 21.6 Å². The molecule has 0 amide bonds. The number of fused-ring (bicyclic) bond motifs is 1. The fraction of sp³-hybridized carbons (Fsp3) is 0.438. The molecule has 0 heterocycles. The van der Waals surface area contributed by atoms with E-state index in [1.165, 1.54) is 55.2 Å². The molecule has 0 atom stereocenters. The molecule has 8 rings (SSSR count). The Morgan fingerprint density at radius 2 is 1.29 bits per heavy atom. The zero-order valence-corrected chi connectivity index (χ0v) is 20.1. The van der Waals surface area contributed by atoms with Crippen LogP contribution < -0.4 is 0 Å². The summed E-state index contributed by atoms with van der Waals surface area (Å²) in [5.41, 5.74) is 5.95. The van der Waals surface area contributed by atoms with Crippen molar-refractivity contribution < 1.29 is 14.7 Å². The molecule has 35 heavy (non-hydrogen) atoms. The molecule has 0 spiro atoms. The van der Waals surface area contributed by atoms with Crippen molar-refractivity contribution in [3.63, 3.8) is 0 Å². The minimum Gasteiger partial charge on any atom is -0.392 e. The number of carbonyl (C=O) groups is 2. The minimum atomic E-state index is -0.576. The van der Waals surface area contributed by atoms with E-state index in [2.05, 4.69) is 42.5 Å². The Morgan fingerprint density at radius 3 is 1.94 bits per heavy atom. The zero-order valence-electron chi connectivity index (χ0n) is 20.1. The molecule has 0 saturated heterocycles. The second kappa shape index (κ2) is 7.86. The minimum absolute atomic E-state index is 0.0483. The largest absolute Gasteiger partial charge is 0.392 e. The lowest BCUT2D eigenvalue weighted by atomic mass is 9.47. The second-order valence-corrected chi connectivity index (χ2v) is 11.9. The monoisotopic (exact) mass is 464 g/mol. The summed E-state index contributed by atoms with van der Waals surface area (Å²) in [5, 5.41) is 12.4. The van der Waals surface area contributed by atoms with Gasteiger partial charge in [-0.15, -0.1) is 0 Å². The summed E-state index contributed by atoms with van der Waals surface area (Å²) in [6.07, 6.45) is 8.85. The first-order valence-corrected chi connectivity index (χ1v) is 13.4. The highest BCUT2D eigenvalue weighted by Crippen LogP contribution is 2.61. The molecule has 5 aliphatic rings. The van der Waals surface area contributed by atoms with Crippen LogP contribution in [0.15, 0.2) is 54.6 Å². The lowest BCUT2D eigenvalue weighted by Gasteiger charge is -2.57. The van der Waals surface area contributed by atoms with Crippen molar-refractivity contribution in [3.8, 4) is 11.1 Å². The summed E-state index contributed by atoms with van der Waals surface area (Å²) in [5.74, 6) is 2.12. The molecular formula is C32H32O3. The molecule has 3 nitrogen and oxygen atoms in total. The predicted octanol–water partition coefficient (Wildman–Crippen LogP) is 6.48. The molecule has 0 unspecified atom stereocenters. The lowest BCUT2D eigenvalue weighted by molar-refractivity contribution is -0.123. The first-order chi connectivity index (χ1) is 17.0. The second-order valence-electron chi connectivity index (χ2n) is 11.9. The fourth-order valence-electron chi connectivity index (χ4n) is 8.54. The summed E-state index contributed by atoms with van der Waals surface area (Å²) in [7, 11) is 0. The Morgan fingerprint density at radius 1 is 0.714 bits per heavy atom.